The van der Waals surface area contributed by atoms with Gasteiger partial charge in [-0.15, -0.1) is 0 Å². The fourth-order valence-corrected chi connectivity index (χ4v) is 5.14. The molecule has 0 radical (unpaired) electrons. The van der Waals surface area contributed by atoms with Crippen molar-refractivity contribution in [2.45, 2.75) is 50.4 Å². The summed E-state index contributed by atoms with van der Waals surface area (Å²) in [7, 11) is 3.31. The van der Waals surface area contributed by atoms with Gasteiger partial charge in [0, 0.05) is 78.4 Å². The number of cyclic esters (lactones) is 1. The molecule has 9 nitrogen and oxygen atoms in total. The van der Waals surface area contributed by atoms with Crippen LogP contribution in [0.2, 0.25) is 0 Å². The normalized spacial score (nSPS) is 29.4. The fraction of sp³-hybridized carbons (Fsp3) is 0.909. The highest BCUT2D eigenvalue weighted by molar-refractivity contribution is 5.70. The zero-order valence-electron chi connectivity index (χ0n) is 19.2. The van der Waals surface area contributed by atoms with Crippen LogP contribution in [0.1, 0.15) is 32.1 Å². The third kappa shape index (κ3) is 5.88. The lowest BCUT2D eigenvalue weighted by Crippen LogP contribution is -2.55. The molecule has 0 N–H and O–H groups in total. The number of carbonyl (C=O) groups excluding carboxylic acids is 2. The molecule has 4 fully saturated rings. The number of piperazine rings is 2. The quantitative estimate of drug-likeness (QED) is 0.483. The van der Waals surface area contributed by atoms with Gasteiger partial charge in [-0.25, -0.2) is 4.79 Å². The highest BCUT2D eigenvalue weighted by Gasteiger charge is 2.43. The Kier molecular flexibility index (Phi) is 7.68. The van der Waals surface area contributed by atoms with Gasteiger partial charge in [0.05, 0.1) is 13.2 Å². The molecule has 3 heterocycles. The molecule has 1 saturated carbocycles. The predicted octanol–water partition coefficient (Wildman–Crippen LogP) is 0.504. The number of ether oxygens (including phenoxy) is 2. The number of amides is 1. The molecule has 0 aromatic carbocycles. The highest BCUT2D eigenvalue weighted by atomic mass is 16.6. The molecule has 0 aromatic rings. The third-order valence-corrected chi connectivity index (χ3v) is 7.40. The second kappa shape index (κ2) is 10.5. The monoisotopic (exact) mass is 437 g/mol. The van der Waals surface area contributed by atoms with Gasteiger partial charge < -0.3 is 24.2 Å². The van der Waals surface area contributed by atoms with Crippen molar-refractivity contribution < 1.29 is 19.1 Å². The molecule has 31 heavy (non-hydrogen) atoms. The SMILES string of the molecule is COC(=O)CCCN1CCN(C2OC(=O)N(C)C2CCN2CCN(C3CC3)CC2)CC1. The van der Waals surface area contributed by atoms with Crippen molar-refractivity contribution in [2.24, 2.45) is 0 Å². The number of hydrogen-bond donors (Lipinski definition) is 0. The Morgan fingerprint density at radius 2 is 1.58 bits per heavy atom. The van der Waals surface area contributed by atoms with E-state index in [1.54, 1.807) is 4.90 Å². The molecule has 0 spiro atoms. The Balaban J connectivity index is 1.21. The maximum Gasteiger partial charge on any atom is 0.411 e. The van der Waals surface area contributed by atoms with Gasteiger partial charge in [0.1, 0.15) is 0 Å². The zero-order chi connectivity index (χ0) is 21.8. The Labute approximate surface area is 186 Å². The van der Waals surface area contributed by atoms with Gasteiger partial charge in [-0.3, -0.25) is 14.6 Å². The number of esters is 1. The fourth-order valence-electron chi connectivity index (χ4n) is 5.14. The second-order valence-corrected chi connectivity index (χ2v) is 9.41. The largest absolute Gasteiger partial charge is 0.469 e. The van der Waals surface area contributed by atoms with E-state index >= 15 is 0 Å². The zero-order valence-corrected chi connectivity index (χ0v) is 19.2. The van der Waals surface area contributed by atoms with Crippen LogP contribution in [0, 0.1) is 0 Å². The molecule has 0 bridgehead atoms. The molecule has 4 aliphatic rings. The molecule has 9 heteroatoms. The van der Waals surface area contributed by atoms with Crippen molar-refractivity contribution in [2.75, 3.05) is 79.6 Å². The average Bonchev–Trinajstić information content (AvgIpc) is 3.60. The number of carbonyl (C=O) groups is 2. The van der Waals surface area contributed by atoms with E-state index in [-0.39, 0.29) is 24.3 Å². The molecule has 3 aliphatic heterocycles. The standard InChI is InChI=1S/C22H39N5O4/c1-23-19(7-9-25-10-14-26(15-11-25)18-5-6-18)21(31-22(23)29)27-16-12-24(13-17-27)8-3-4-20(28)30-2/h18-19,21H,3-17H2,1-2H3. The second-order valence-electron chi connectivity index (χ2n) is 9.41. The smallest absolute Gasteiger partial charge is 0.411 e. The van der Waals surface area contributed by atoms with Gasteiger partial charge in [-0.2, -0.15) is 0 Å². The van der Waals surface area contributed by atoms with Gasteiger partial charge in [-0.05, 0) is 32.2 Å². The lowest BCUT2D eigenvalue weighted by Gasteiger charge is -2.39. The summed E-state index contributed by atoms with van der Waals surface area (Å²) in [4.78, 5) is 35.3. The first kappa shape index (κ1) is 22.8. The predicted molar refractivity (Wildman–Crippen MR) is 117 cm³/mol. The molecule has 1 aliphatic carbocycles. The summed E-state index contributed by atoms with van der Waals surface area (Å²) in [5.41, 5.74) is 0. The van der Waals surface area contributed by atoms with Crippen LogP contribution < -0.4 is 0 Å². The first-order valence-electron chi connectivity index (χ1n) is 12.0. The first-order chi connectivity index (χ1) is 15.0. The molecule has 4 rings (SSSR count). The van der Waals surface area contributed by atoms with Crippen molar-refractivity contribution in [3.63, 3.8) is 0 Å². The van der Waals surface area contributed by atoms with E-state index in [4.69, 9.17) is 9.47 Å². The average molecular weight is 438 g/mol. The van der Waals surface area contributed by atoms with E-state index in [2.05, 4.69) is 19.6 Å². The number of hydrogen-bond acceptors (Lipinski definition) is 8. The Bertz CT molecular complexity index is 615. The lowest BCUT2D eigenvalue weighted by molar-refractivity contribution is -0.140. The molecule has 2 unspecified atom stereocenters. The van der Waals surface area contributed by atoms with Gasteiger partial charge in [0.2, 0.25) is 0 Å². The van der Waals surface area contributed by atoms with Crippen LogP contribution in [-0.2, 0) is 14.3 Å². The van der Waals surface area contributed by atoms with Crippen LogP contribution >= 0.6 is 0 Å². The van der Waals surface area contributed by atoms with E-state index in [1.807, 2.05) is 7.05 Å². The van der Waals surface area contributed by atoms with E-state index in [9.17, 15) is 9.59 Å². The Hall–Kier alpha value is -1.42. The first-order valence-corrected chi connectivity index (χ1v) is 12.0. The van der Waals surface area contributed by atoms with Gasteiger partial charge in [0.15, 0.2) is 6.23 Å². The van der Waals surface area contributed by atoms with E-state index in [0.717, 1.165) is 71.2 Å². The van der Waals surface area contributed by atoms with Crippen LogP contribution in [0.25, 0.3) is 0 Å². The molecule has 3 saturated heterocycles. The van der Waals surface area contributed by atoms with Crippen LogP contribution in [0.4, 0.5) is 4.79 Å². The maximum absolute atomic E-state index is 12.3. The minimum absolute atomic E-state index is 0.111. The lowest BCUT2D eigenvalue weighted by atomic mass is 10.1. The molecule has 176 valence electrons. The molecular weight excluding hydrogens is 398 g/mol. The van der Waals surface area contributed by atoms with Crippen molar-refractivity contribution in [3.8, 4) is 0 Å². The number of likely N-dealkylation sites (N-methyl/N-ethyl adjacent to an activating group) is 1. The van der Waals surface area contributed by atoms with Crippen LogP contribution in [0.3, 0.4) is 0 Å². The summed E-state index contributed by atoms with van der Waals surface area (Å²) in [5.74, 6) is -0.142. The van der Waals surface area contributed by atoms with Gasteiger partial charge in [-0.1, -0.05) is 0 Å². The van der Waals surface area contributed by atoms with Crippen LogP contribution in [0.15, 0.2) is 0 Å². The summed E-state index contributed by atoms with van der Waals surface area (Å²) in [6.07, 6.45) is 4.66. The van der Waals surface area contributed by atoms with E-state index in [1.165, 1.54) is 33.0 Å². The molecular formula is C22H39N5O4. The van der Waals surface area contributed by atoms with E-state index in [0.29, 0.717) is 6.42 Å². The maximum atomic E-state index is 12.3. The van der Waals surface area contributed by atoms with Crippen molar-refractivity contribution in [3.05, 3.63) is 0 Å². The van der Waals surface area contributed by atoms with Crippen molar-refractivity contribution >= 4 is 12.1 Å². The summed E-state index contributed by atoms with van der Waals surface area (Å²) in [6, 6.07) is 0.970. The molecule has 2 atom stereocenters. The topological polar surface area (TPSA) is 68.8 Å². The highest BCUT2D eigenvalue weighted by Crippen LogP contribution is 2.28. The van der Waals surface area contributed by atoms with Gasteiger partial charge in [0.25, 0.3) is 0 Å². The van der Waals surface area contributed by atoms with Crippen molar-refractivity contribution in [1.82, 2.24) is 24.5 Å². The third-order valence-electron chi connectivity index (χ3n) is 7.40. The molecule has 0 aromatic heterocycles. The summed E-state index contributed by atoms with van der Waals surface area (Å²) in [6.45, 7) is 10.2. The molecule has 1 amide bonds. The van der Waals surface area contributed by atoms with Crippen LogP contribution in [-0.4, -0.2) is 134 Å². The summed E-state index contributed by atoms with van der Waals surface area (Å²) < 4.78 is 10.5. The number of nitrogens with zero attached hydrogens (tertiary/aromatic N) is 5. The number of rotatable bonds is 9. The van der Waals surface area contributed by atoms with E-state index < -0.39 is 0 Å². The number of methoxy groups -OCH3 is 1. The minimum atomic E-state index is -0.200. The Morgan fingerprint density at radius 3 is 2.19 bits per heavy atom. The summed E-state index contributed by atoms with van der Waals surface area (Å²) in [5, 5.41) is 0. The minimum Gasteiger partial charge on any atom is -0.469 e. The Morgan fingerprint density at radius 1 is 0.968 bits per heavy atom. The van der Waals surface area contributed by atoms with Crippen molar-refractivity contribution in [1.29, 1.82) is 0 Å². The van der Waals surface area contributed by atoms with Gasteiger partial charge >= 0.3 is 12.1 Å². The summed E-state index contributed by atoms with van der Waals surface area (Å²) >= 11 is 0. The van der Waals surface area contributed by atoms with Crippen LogP contribution in [0.5, 0.6) is 0 Å².